The van der Waals surface area contributed by atoms with Crippen LogP contribution in [0, 0.1) is 0 Å². The Kier molecular flexibility index (Phi) is 8.68. The Labute approximate surface area is 173 Å². The first kappa shape index (κ1) is 21.2. The Morgan fingerprint density at radius 1 is 1.14 bits per heavy atom. The van der Waals surface area contributed by atoms with Crippen molar-refractivity contribution in [2.24, 2.45) is 0 Å². The lowest BCUT2D eigenvalue weighted by atomic mass is 10.00. The van der Waals surface area contributed by atoms with E-state index in [0.29, 0.717) is 13.2 Å². The number of nitrogens with one attached hydrogen (secondary N) is 1. The van der Waals surface area contributed by atoms with Crippen LogP contribution >= 0.6 is 11.8 Å². The van der Waals surface area contributed by atoms with Gasteiger partial charge >= 0.3 is 0 Å². The van der Waals surface area contributed by atoms with Crippen LogP contribution in [0.1, 0.15) is 23.1 Å². The van der Waals surface area contributed by atoms with E-state index in [2.05, 4.69) is 52.9 Å². The van der Waals surface area contributed by atoms with Crippen molar-refractivity contribution < 1.29 is 9.84 Å². The van der Waals surface area contributed by atoms with Crippen LogP contribution in [0.5, 0.6) is 5.75 Å². The van der Waals surface area contributed by atoms with E-state index in [1.165, 1.54) is 28.9 Å². The van der Waals surface area contributed by atoms with E-state index in [1.807, 2.05) is 23.9 Å². The minimum absolute atomic E-state index is 0.324. The topological polar surface area (TPSA) is 44.7 Å². The molecule has 2 aromatic carbocycles. The standard InChI is InChI=1S/C23H32N2O2S/c1-28-14-4-12-24-15-19-7-9-23(10-8-19)27-18-22(26)17-25-13-11-20-5-2-3-6-21(20)16-25/h2-3,5-10,22,24,26H,4,11-18H2,1H3. The van der Waals surface area contributed by atoms with Gasteiger partial charge in [-0.3, -0.25) is 4.90 Å². The zero-order valence-electron chi connectivity index (χ0n) is 16.8. The summed E-state index contributed by atoms with van der Waals surface area (Å²) >= 11 is 1.89. The lowest BCUT2D eigenvalue weighted by Gasteiger charge is -2.30. The monoisotopic (exact) mass is 400 g/mol. The van der Waals surface area contributed by atoms with Crippen molar-refractivity contribution in [1.29, 1.82) is 0 Å². The smallest absolute Gasteiger partial charge is 0.119 e. The highest BCUT2D eigenvalue weighted by atomic mass is 32.2. The van der Waals surface area contributed by atoms with Crippen LogP contribution in [0.4, 0.5) is 0 Å². The maximum atomic E-state index is 10.4. The van der Waals surface area contributed by atoms with Gasteiger partial charge in [0.15, 0.2) is 0 Å². The highest BCUT2D eigenvalue weighted by molar-refractivity contribution is 7.98. The summed E-state index contributed by atoms with van der Waals surface area (Å²) in [7, 11) is 0. The van der Waals surface area contributed by atoms with E-state index in [0.717, 1.165) is 38.3 Å². The normalized spacial score (nSPS) is 15.2. The van der Waals surface area contributed by atoms with Gasteiger partial charge in [-0.15, -0.1) is 0 Å². The summed E-state index contributed by atoms with van der Waals surface area (Å²) in [6.45, 7) is 4.80. The van der Waals surface area contributed by atoms with E-state index in [4.69, 9.17) is 4.74 Å². The molecule has 1 heterocycles. The molecule has 152 valence electrons. The number of benzene rings is 2. The molecule has 2 aromatic rings. The molecule has 1 atom stereocenters. The molecule has 0 aromatic heterocycles. The fourth-order valence-corrected chi connectivity index (χ4v) is 3.96. The molecule has 0 fully saturated rings. The summed E-state index contributed by atoms with van der Waals surface area (Å²) in [4.78, 5) is 2.31. The van der Waals surface area contributed by atoms with Crippen molar-refractivity contribution in [2.75, 3.05) is 38.2 Å². The number of aliphatic hydroxyl groups excluding tert-OH is 1. The average Bonchev–Trinajstić information content (AvgIpc) is 2.73. The third kappa shape index (κ3) is 6.82. The Hall–Kier alpha value is -1.53. The van der Waals surface area contributed by atoms with Crippen molar-refractivity contribution >= 4 is 11.8 Å². The Bertz CT molecular complexity index is 708. The molecule has 1 unspecified atom stereocenters. The van der Waals surface area contributed by atoms with Gasteiger partial charge in [0.2, 0.25) is 0 Å². The zero-order chi connectivity index (χ0) is 19.6. The van der Waals surface area contributed by atoms with Crippen LogP contribution in [-0.2, 0) is 19.5 Å². The molecule has 0 saturated heterocycles. The van der Waals surface area contributed by atoms with Gasteiger partial charge in [-0.2, -0.15) is 11.8 Å². The SMILES string of the molecule is CSCCCNCc1ccc(OCC(O)CN2CCc3ccccc3C2)cc1. The second-order valence-corrected chi connectivity index (χ2v) is 8.37. The van der Waals surface area contributed by atoms with Gasteiger partial charge in [0.05, 0.1) is 0 Å². The molecule has 1 aliphatic heterocycles. The first-order valence-corrected chi connectivity index (χ1v) is 11.5. The Morgan fingerprint density at radius 2 is 1.93 bits per heavy atom. The number of thioether (sulfide) groups is 1. The van der Waals surface area contributed by atoms with Crippen molar-refractivity contribution in [1.82, 2.24) is 10.2 Å². The summed E-state index contributed by atoms with van der Waals surface area (Å²) in [5, 5.41) is 13.8. The van der Waals surface area contributed by atoms with E-state index in [-0.39, 0.29) is 0 Å². The van der Waals surface area contributed by atoms with Crippen LogP contribution in [0.25, 0.3) is 0 Å². The van der Waals surface area contributed by atoms with Gasteiger partial charge in [0.1, 0.15) is 18.5 Å². The summed E-state index contributed by atoms with van der Waals surface area (Å²) < 4.78 is 5.79. The molecule has 0 amide bonds. The molecule has 0 radical (unpaired) electrons. The average molecular weight is 401 g/mol. The maximum absolute atomic E-state index is 10.4. The molecule has 4 nitrogen and oxygen atoms in total. The van der Waals surface area contributed by atoms with Crippen molar-refractivity contribution in [3.8, 4) is 5.75 Å². The fourth-order valence-electron chi connectivity index (χ4n) is 3.53. The number of β-amino-alcohol motifs (C(OH)–C–C–N with tert-alkyl or cyclic N) is 1. The van der Waals surface area contributed by atoms with Crippen LogP contribution in [0.2, 0.25) is 0 Å². The quantitative estimate of drug-likeness (QED) is 0.567. The van der Waals surface area contributed by atoms with Crippen molar-refractivity contribution in [3.05, 3.63) is 65.2 Å². The summed E-state index contributed by atoms with van der Waals surface area (Å²) in [5.74, 6) is 2.01. The molecule has 28 heavy (non-hydrogen) atoms. The minimum atomic E-state index is -0.483. The summed E-state index contributed by atoms with van der Waals surface area (Å²) in [6.07, 6.45) is 3.91. The first-order chi connectivity index (χ1) is 13.7. The number of hydrogen-bond donors (Lipinski definition) is 2. The second-order valence-electron chi connectivity index (χ2n) is 7.39. The van der Waals surface area contributed by atoms with Gasteiger partial charge in [-0.25, -0.2) is 0 Å². The van der Waals surface area contributed by atoms with E-state index in [1.54, 1.807) is 0 Å². The third-order valence-electron chi connectivity index (χ3n) is 5.08. The molecule has 2 N–H and O–H groups in total. The molecular formula is C23H32N2O2S. The summed E-state index contributed by atoms with van der Waals surface area (Å²) in [5.41, 5.74) is 4.06. The molecule has 0 spiro atoms. The van der Waals surface area contributed by atoms with E-state index in [9.17, 15) is 5.11 Å². The number of aliphatic hydroxyl groups is 1. The van der Waals surface area contributed by atoms with Crippen LogP contribution in [-0.4, -0.2) is 54.4 Å². The van der Waals surface area contributed by atoms with Gasteiger partial charge in [0.25, 0.3) is 0 Å². The minimum Gasteiger partial charge on any atom is -0.491 e. The predicted molar refractivity (Wildman–Crippen MR) is 118 cm³/mol. The molecule has 5 heteroatoms. The van der Waals surface area contributed by atoms with Crippen LogP contribution in [0.15, 0.2) is 48.5 Å². The van der Waals surface area contributed by atoms with Gasteiger partial charge in [-0.1, -0.05) is 36.4 Å². The highest BCUT2D eigenvalue weighted by Gasteiger charge is 2.18. The molecular weight excluding hydrogens is 368 g/mol. The number of fused-ring (bicyclic) bond motifs is 1. The highest BCUT2D eigenvalue weighted by Crippen LogP contribution is 2.19. The predicted octanol–water partition coefficient (Wildman–Crippen LogP) is 3.33. The third-order valence-corrected chi connectivity index (χ3v) is 5.77. The zero-order valence-corrected chi connectivity index (χ0v) is 17.6. The lowest BCUT2D eigenvalue weighted by Crippen LogP contribution is -2.38. The lowest BCUT2D eigenvalue weighted by molar-refractivity contribution is 0.0638. The molecule has 0 aliphatic carbocycles. The number of hydrogen-bond acceptors (Lipinski definition) is 5. The first-order valence-electron chi connectivity index (χ1n) is 10.1. The summed E-state index contributed by atoms with van der Waals surface area (Å²) in [6, 6.07) is 16.7. The van der Waals surface area contributed by atoms with E-state index < -0.39 is 6.10 Å². The van der Waals surface area contributed by atoms with Crippen molar-refractivity contribution in [3.63, 3.8) is 0 Å². The van der Waals surface area contributed by atoms with Crippen LogP contribution < -0.4 is 10.1 Å². The van der Waals surface area contributed by atoms with Gasteiger partial charge in [0, 0.05) is 26.2 Å². The van der Waals surface area contributed by atoms with E-state index >= 15 is 0 Å². The van der Waals surface area contributed by atoms with Gasteiger partial charge < -0.3 is 15.2 Å². The molecule has 0 saturated carbocycles. The van der Waals surface area contributed by atoms with Crippen molar-refractivity contribution in [2.45, 2.75) is 32.0 Å². The van der Waals surface area contributed by atoms with Gasteiger partial charge in [-0.05, 0) is 60.2 Å². The molecule has 1 aliphatic rings. The number of ether oxygens (including phenoxy) is 1. The molecule has 0 bridgehead atoms. The maximum Gasteiger partial charge on any atom is 0.119 e. The molecule has 3 rings (SSSR count). The number of rotatable bonds is 11. The Balaban J connectivity index is 1.36. The second kappa shape index (κ2) is 11.5. The fraction of sp³-hybridized carbons (Fsp3) is 0.478. The number of nitrogens with zero attached hydrogens (tertiary/aromatic N) is 1. The van der Waals surface area contributed by atoms with Crippen LogP contribution in [0.3, 0.4) is 0 Å². The largest absolute Gasteiger partial charge is 0.491 e. The Morgan fingerprint density at radius 3 is 2.71 bits per heavy atom.